The molecule has 2 amide bonds. The summed E-state index contributed by atoms with van der Waals surface area (Å²) in [6.45, 7) is 3.01. The lowest BCUT2D eigenvalue weighted by atomic mass is 9.87. The summed E-state index contributed by atoms with van der Waals surface area (Å²) in [7, 11) is 0. The molecule has 1 spiro atoms. The number of nitrogens with zero attached hydrogens (tertiary/aromatic N) is 5. The fraction of sp³-hybridized carbons (Fsp3) is 0.308. The van der Waals surface area contributed by atoms with Crippen molar-refractivity contribution >= 4 is 40.8 Å². The number of nitrogens with one attached hydrogen (secondary N) is 1. The van der Waals surface area contributed by atoms with Gasteiger partial charge in [-0.1, -0.05) is 35.8 Å². The Morgan fingerprint density at radius 1 is 1.14 bits per heavy atom. The number of carbonyl (C=O) groups excluding carboxylic acids is 2. The van der Waals surface area contributed by atoms with Gasteiger partial charge in [0, 0.05) is 69.0 Å². The molecule has 1 saturated heterocycles. The molecule has 0 bridgehead atoms. The number of amides is 2. The normalized spacial score (nSPS) is 18.5. The van der Waals surface area contributed by atoms with Crippen LogP contribution < -0.4 is 10.2 Å². The highest BCUT2D eigenvalue weighted by Gasteiger charge is 2.45. The quantitative estimate of drug-likeness (QED) is 0.609. The molecule has 0 aliphatic carbocycles. The molecule has 1 fully saturated rings. The maximum absolute atomic E-state index is 13.0. The summed E-state index contributed by atoms with van der Waals surface area (Å²) < 4.78 is 0. The minimum absolute atomic E-state index is 0.261. The van der Waals surface area contributed by atoms with E-state index >= 15 is 0 Å². The van der Waals surface area contributed by atoms with E-state index in [1.54, 1.807) is 53.1 Å². The lowest BCUT2D eigenvalue weighted by Crippen LogP contribution is -2.46. The summed E-state index contributed by atoms with van der Waals surface area (Å²) >= 11 is 6.21. The minimum Gasteiger partial charge on any atom is -0.388 e. The fourth-order valence-electron chi connectivity index (χ4n) is 4.40. The highest BCUT2D eigenvalue weighted by atomic mass is 35.5. The predicted octanol–water partition coefficient (Wildman–Crippen LogP) is 4.66. The summed E-state index contributed by atoms with van der Waals surface area (Å²) in [5.41, 5.74) is 1.60. The highest BCUT2D eigenvalue weighted by molar-refractivity contribution is 6.39. The van der Waals surface area contributed by atoms with Gasteiger partial charge in [-0.25, -0.2) is 9.78 Å². The van der Waals surface area contributed by atoms with Crippen molar-refractivity contribution in [3.63, 3.8) is 0 Å². The van der Waals surface area contributed by atoms with Gasteiger partial charge in [0.25, 0.3) is 5.91 Å². The molecule has 1 aromatic carbocycles. The number of piperidine rings is 1. The number of aryl methyl sites for hydroxylation is 1. The number of halogens is 1. The van der Waals surface area contributed by atoms with Gasteiger partial charge in [-0.05, 0) is 36.2 Å². The van der Waals surface area contributed by atoms with E-state index in [0.717, 1.165) is 12.0 Å². The predicted molar refractivity (Wildman–Crippen MR) is 139 cm³/mol. The minimum atomic E-state index is -0.576. The standard InChI is InChI=1S/C26H27ClN6O4/c1-2-19-5-3-6-20(17-19)29-25(35)36-33-11-8-26(9-12-33)18-22(30-37-26)24(34)32-15-13-31(14-16-32)23-21(27)7-4-10-28-23/h3-7,10,13-17H,2,8-9,11-12,18H2,1H3,(H,29,35). The van der Waals surface area contributed by atoms with E-state index in [1.807, 2.05) is 24.3 Å². The number of hydrogen-bond acceptors (Lipinski definition) is 8. The van der Waals surface area contributed by atoms with Crippen molar-refractivity contribution in [2.24, 2.45) is 5.16 Å². The second kappa shape index (κ2) is 10.6. The second-order valence-corrected chi connectivity index (χ2v) is 9.41. The van der Waals surface area contributed by atoms with Crippen LogP contribution in [-0.2, 0) is 20.9 Å². The van der Waals surface area contributed by atoms with Crippen LogP contribution in [0.1, 0.15) is 31.7 Å². The third-order valence-corrected chi connectivity index (χ3v) is 6.80. The molecule has 1 N–H and O–H groups in total. The van der Waals surface area contributed by atoms with Crippen molar-refractivity contribution < 1.29 is 19.3 Å². The summed E-state index contributed by atoms with van der Waals surface area (Å²) in [4.78, 5) is 44.0. The molecule has 11 heteroatoms. The van der Waals surface area contributed by atoms with Crippen LogP contribution in [0.3, 0.4) is 0 Å². The number of rotatable bonds is 5. The van der Waals surface area contributed by atoms with Gasteiger partial charge in [0.1, 0.15) is 11.3 Å². The molecule has 192 valence electrons. The molecule has 2 aromatic rings. The molecule has 37 heavy (non-hydrogen) atoms. The van der Waals surface area contributed by atoms with Gasteiger partial charge in [-0.3, -0.25) is 15.0 Å². The Balaban J connectivity index is 1.10. The number of pyridine rings is 1. The van der Waals surface area contributed by atoms with E-state index in [-0.39, 0.29) is 5.91 Å². The monoisotopic (exact) mass is 522 g/mol. The fourth-order valence-corrected chi connectivity index (χ4v) is 4.62. The van der Waals surface area contributed by atoms with Gasteiger partial charge in [0.15, 0.2) is 5.82 Å². The van der Waals surface area contributed by atoms with Crippen molar-refractivity contribution in [2.45, 2.75) is 38.2 Å². The third-order valence-electron chi connectivity index (χ3n) is 6.51. The molecule has 3 aliphatic heterocycles. The molecule has 0 radical (unpaired) electrons. The van der Waals surface area contributed by atoms with Crippen LogP contribution in [-0.4, -0.2) is 51.3 Å². The van der Waals surface area contributed by atoms with E-state index < -0.39 is 11.7 Å². The molecular weight excluding hydrogens is 496 g/mol. The lowest BCUT2D eigenvalue weighted by molar-refractivity contribution is -0.154. The first kappa shape index (κ1) is 24.8. The zero-order chi connectivity index (χ0) is 25.8. The zero-order valence-electron chi connectivity index (χ0n) is 20.3. The Bertz CT molecular complexity index is 1260. The Labute approximate surface area is 219 Å². The number of benzene rings is 1. The van der Waals surface area contributed by atoms with Crippen molar-refractivity contribution in [2.75, 3.05) is 23.3 Å². The molecule has 3 aliphatic rings. The number of hydroxylamine groups is 2. The van der Waals surface area contributed by atoms with Gasteiger partial charge in [-0.15, -0.1) is 5.06 Å². The first-order valence-corrected chi connectivity index (χ1v) is 12.5. The van der Waals surface area contributed by atoms with Gasteiger partial charge in [0.05, 0.1) is 5.02 Å². The van der Waals surface area contributed by atoms with Crippen molar-refractivity contribution in [3.05, 3.63) is 78.0 Å². The summed E-state index contributed by atoms with van der Waals surface area (Å²) in [5.74, 6) is 0.310. The maximum atomic E-state index is 13.0. The van der Waals surface area contributed by atoms with Crippen molar-refractivity contribution in [1.29, 1.82) is 0 Å². The molecule has 0 atom stereocenters. The largest absolute Gasteiger partial charge is 0.430 e. The number of oxime groups is 1. The average molecular weight is 523 g/mol. The summed E-state index contributed by atoms with van der Waals surface area (Å²) in [6, 6.07) is 11.2. The van der Waals surface area contributed by atoms with Gasteiger partial charge in [-0.2, -0.15) is 0 Å². The van der Waals surface area contributed by atoms with E-state index in [1.165, 1.54) is 4.90 Å². The average Bonchev–Trinajstić information content (AvgIpc) is 3.34. The van der Waals surface area contributed by atoms with Gasteiger partial charge in [0.2, 0.25) is 0 Å². The Morgan fingerprint density at radius 2 is 1.92 bits per heavy atom. The third kappa shape index (κ3) is 5.60. The Morgan fingerprint density at radius 3 is 2.65 bits per heavy atom. The van der Waals surface area contributed by atoms with Crippen molar-refractivity contribution in [1.82, 2.24) is 14.9 Å². The maximum Gasteiger partial charge on any atom is 0.430 e. The van der Waals surface area contributed by atoms with E-state index in [9.17, 15) is 9.59 Å². The SMILES string of the molecule is CCc1cccc(NC(=O)ON2CCC3(CC2)CC(C(=O)N2C=CN(c4ncccc4Cl)C=C2)=NO3)c1. The smallest absolute Gasteiger partial charge is 0.388 e. The zero-order valence-corrected chi connectivity index (χ0v) is 21.1. The van der Waals surface area contributed by atoms with E-state index in [2.05, 4.69) is 22.4 Å². The van der Waals surface area contributed by atoms with Crippen LogP contribution in [0.4, 0.5) is 16.3 Å². The highest BCUT2D eigenvalue weighted by Crippen LogP contribution is 2.35. The van der Waals surface area contributed by atoms with Crippen LogP contribution >= 0.6 is 11.6 Å². The molecule has 1 aromatic heterocycles. The van der Waals surface area contributed by atoms with Crippen LogP contribution in [0.15, 0.2) is 72.6 Å². The summed E-state index contributed by atoms with van der Waals surface area (Å²) in [5, 5.41) is 8.99. The number of hydrogen-bond donors (Lipinski definition) is 1. The van der Waals surface area contributed by atoms with Crippen LogP contribution in [0.5, 0.6) is 0 Å². The van der Waals surface area contributed by atoms with Crippen LogP contribution in [0.25, 0.3) is 0 Å². The lowest BCUT2D eigenvalue weighted by Gasteiger charge is -2.35. The Hall–Kier alpha value is -3.89. The van der Waals surface area contributed by atoms with Crippen LogP contribution in [0.2, 0.25) is 5.02 Å². The second-order valence-electron chi connectivity index (χ2n) is 9.00. The number of carbonyl (C=O) groups is 2. The first-order valence-electron chi connectivity index (χ1n) is 12.1. The molecular formula is C26H27ClN6O4. The van der Waals surface area contributed by atoms with E-state index in [0.29, 0.717) is 54.6 Å². The summed E-state index contributed by atoms with van der Waals surface area (Å²) in [6.07, 6.45) is 10.2. The van der Waals surface area contributed by atoms with Crippen LogP contribution in [0, 0.1) is 0 Å². The van der Waals surface area contributed by atoms with Gasteiger partial charge < -0.3 is 14.6 Å². The van der Waals surface area contributed by atoms with Gasteiger partial charge >= 0.3 is 6.09 Å². The topological polar surface area (TPSA) is 99.6 Å². The van der Waals surface area contributed by atoms with E-state index in [4.69, 9.17) is 21.3 Å². The molecule has 5 rings (SSSR count). The van der Waals surface area contributed by atoms with Crippen molar-refractivity contribution in [3.8, 4) is 0 Å². The molecule has 4 heterocycles. The number of aromatic nitrogens is 1. The number of anilines is 2. The molecule has 10 nitrogen and oxygen atoms in total. The first-order chi connectivity index (χ1) is 17.9. The Kier molecular flexibility index (Phi) is 7.11. The molecule has 0 saturated carbocycles. The molecule has 0 unspecified atom stereocenters.